The summed E-state index contributed by atoms with van der Waals surface area (Å²) in [4.78, 5) is 0. The lowest BCUT2D eigenvalue weighted by molar-refractivity contribution is -0.671. The van der Waals surface area contributed by atoms with E-state index in [1.807, 2.05) is 0 Å². The van der Waals surface area contributed by atoms with Crippen molar-refractivity contribution in [3.63, 3.8) is 0 Å². The van der Waals surface area contributed by atoms with Crippen LogP contribution in [-0.4, -0.2) is 4.40 Å². The predicted molar refractivity (Wildman–Crippen MR) is 61.7 cm³/mol. The van der Waals surface area contributed by atoms with Crippen molar-refractivity contribution >= 4 is 5.65 Å². The van der Waals surface area contributed by atoms with E-state index >= 15 is 0 Å². The lowest BCUT2D eigenvalue weighted by atomic mass is 10.2. The fraction of sp³-hybridized carbons (Fsp3) is 0.462. The van der Waals surface area contributed by atoms with Gasteiger partial charge in [0, 0.05) is 6.07 Å². The van der Waals surface area contributed by atoms with Crippen molar-refractivity contribution in [2.24, 2.45) is 0 Å². The Labute approximate surface area is 91.2 Å². The molecule has 2 aromatic rings. The number of aromatic nitrogens is 2. The van der Waals surface area contributed by atoms with Gasteiger partial charge in [0.15, 0.2) is 0 Å². The van der Waals surface area contributed by atoms with E-state index in [2.05, 4.69) is 52.7 Å². The Bertz CT molecular complexity index is 417. The van der Waals surface area contributed by atoms with Gasteiger partial charge >= 0.3 is 0 Å². The molecule has 0 saturated carbocycles. The topological polar surface area (TPSA) is 8.29 Å². The third kappa shape index (κ3) is 2.38. The summed E-state index contributed by atoms with van der Waals surface area (Å²) in [7, 11) is 0. The number of aryl methyl sites for hydroxylation is 1. The summed E-state index contributed by atoms with van der Waals surface area (Å²) in [6.45, 7) is 3.39. The summed E-state index contributed by atoms with van der Waals surface area (Å²) in [6, 6.07) is 6.33. The Hall–Kier alpha value is -1.31. The quantitative estimate of drug-likeness (QED) is 0.521. The van der Waals surface area contributed by atoms with Gasteiger partial charge in [0.05, 0.1) is 12.7 Å². The highest BCUT2D eigenvalue weighted by Gasteiger charge is 2.06. The van der Waals surface area contributed by atoms with Crippen LogP contribution in [-0.2, 0) is 6.54 Å². The van der Waals surface area contributed by atoms with E-state index in [9.17, 15) is 0 Å². The summed E-state index contributed by atoms with van der Waals surface area (Å²) < 4.78 is 4.50. The highest BCUT2D eigenvalue weighted by atomic mass is 15.1. The molecule has 2 heteroatoms. The number of nitrogens with zero attached hydrogens (tertiary/aromatic N) is 2. The normalized spacial score (nSPS) is 11.0. The molecule has 0 saturated heterocycles. The van der Waals surface area contributed by atoms with Gasteiger partial charge in [0.1, 0.15) is 12.4 Å². The molecule has 0 aromatic carbocycles. The Morgan fingerprint density at radius 1 is 1.13 bits per heavy atom. The fourth-order valence-corrected chi connectivity index (χ4v) is 1.94. The number of hydrogen-bond acceptors (Lipinski definition) is 0. The summed E-state index contributed by atoms with van der Waals surface area (Å²) in [6.07, 6.45) is 11.7. The molecule has 0 fully saturated rings. The second-order valence-electron chi connectivity index (χ2n) is 4.02. The van der Waals surface area contributed by atoms with Gasteiger partial charge in [-0.2, -0.15) is 0 Å². The Morgan fingerprint density at radius 2 is 2.07 bits per heavy atom. The second-order valence-corrected chi connectivity index (χ2v) is 4.02. The van der Waals surface area contributed by atoms with Gasteiger partial charge in [-0.3, -0.25) is 0 Å². The van der Waals surface area contributed by atoms with Crippen LogP contribution < -0.4 is 4.57 Å². The van der Waals surface area contributed by atoms with Crippen LogP contribution in [0.1, 0.15) is 32.6 Å². The maximum absolute atomic E-state index is 2.33. The van der Waals surface area contributed by atoms with E-state index in [0.29, 0.717) is 0 Å². The standard InChI is InChI=1S/C13H19N2/c1-2-3-4-6-9-14-11-12-15-10-7-5-8-13(14)15/h5,7-8,10-12H,2-4,6,9H2,1H3/q+1. The van der Waals surface area contributed by atoms with Crippen LogP contribution in [0.3, 0.4) is 0 Å². The average molecular weight is 203 g/mol. The van der Waals surface area contributed by atoms with Crippen LogP contribution in [0.15, 0.2) is 36.8 Å². The first kappa shape index (κ1) is 10.2. The molecule has 80 valence electrons. The molecule has 15 heavy (non-hydrogen) atoms. The first-order chi connectivity index (χ1) is 7.42. The number of fused-ring (bicyclic) bond motifs is 1. The zero-order chi connectivity index (χ0) is 10.5. The van der Waals surface area contributed by atoms with Crippen LogP contribution in [0, 0.1) is 0 Å². The second kappa shape index (κ2) is 4.96. The molecule has 2 aromatic heterocycles. The molecule has 0 unspecified atom stereocenters. The van der Waals surface area contributed by atoms with Crippen molar-refractivity contribution in [2.75, 3.05) is 0 Å². The van der Waals surface area contributed by atoms with Crippen molar-refractivity contribution in [3.8, 4) is 0 Å². The Balaban J connectivity index is 2.02. The van der Waals surface area contributed by atoms with Crippen molar-refractivity contribution in [1.29, 1.82) is 0 Å². The van der Waals surface area contributed by atoms with Crippen molar-refractivity contribution in [3.05, 3.63) is 36.8 Å². The molecule has 0 aliphatic rings. The maximum Gasteiger partial charge on any atom is 0.286 e. The highest BCUT2D eigenvalue weighted by molar-refractivity contribution is 5.30. The fourth-order valence-electron chi connectivity index (χ4n) is 1.94. The van der Waals surface area contributed by atoms with Gasteiger partial charge in [-0.1, -0.05) is 25.8 Å². The minimum absolute atomic E-state index is 1.14. The lowest BCUT2D eigenvalue weighted by Crippen LogP contribution is -2.32. The smallest absolute Gasteiger partial charge is 0.230 e. The van der Waals surface area contributed by atoms with Gasteiger partial charge in [-0.15, -0.1) is 0 Å². The molecule has 2 nitrogen and oxygen atoms in total. The van der Waals surface area contributed by atoms with Gasteiger partial charge in [0.25, 0.3) is 5.65 Å². The van der Waals surface area contributed by atoms with Crippen LogP contribution >= 0.6 is 0 Å². The summed E-state index contributed by atoms with van der Waals surface area (Å²) >= 11 is 0. The average Bonchev–Trinajstić information content (AvgIpc) is 2.68. The zero-order valence-electron chi connectivity index (χ0n) is 9.39. The molecular formula is C13H19N2+. The minimum Gasteiger partial charge on any atom is -0.230 e. The number of hydrogen-bond donors (Lipinski definition) is 0. The molecular weight excluding hydrogens is 184 g/mol. The van der Waals surface area contributed by atoms with E-state index in [1.54, 1.807) is 0 Å². The van der Waals surface area contributed by atoms with Gasteiger partial charge in [-0.25, -0.2) is 8.97 Å². The van der Waals surface area contributed by atoms with Crippen molar-refractivity contribution < 1.29 is 4.57 Å². The minimum atomic E-state index is 1.14. The van der Waals surface area contributed by atoms with E-state index in [0.717, 1.165) is 6.54 Å². The molecule has 2 heterocycles. The Kier molecular flexibility index (Phi) is 3.38. The number of rotatable bonds is 5. The van der Waals surface area contributed by atoms with E-state index in [4.69, 9.17) is 0 Å². The monoisotopic (exact) mass is 203 g/mol. The highest BCUT2D eigenvalue weighted by Crippen LogP contribution is 2.01. The maximum atomic E-state index is 2.33. The third-order valence-corrected chi connectivity index (χ3v) is 2.82. The molecule has 2 rings (SSSR count). The van der Waals surface area contributed by atoms with Crippen LogP contribution in [0.4, 0.5) is 0 Å². The summed E-state index contributed by atoms with van der Waals surface area (Å²) in [5, 5.41) is 0. The molecule has 0 aliphatic heterocycles. The van der Waals surface area contributed by atoms with E-state index in [-0.39, 0.29) is 0 Å². The van der Waals surface area contributed by atoms with Crippen LogP contribution in [0.2, 0.25) is 0 Å². The molecule has 0 spiro atoms. The molecule has 0 aliphatic carbocycles. The number of imidazole rings is 1. The number of pyridine rings is 1. The number of unbranched alkanes of at least 4 members (excludes halogenated alkanes) is 3. The molecule has 0 atom stereocenters. The van der Waals surface area contributed by atoms with Gasteiger partial charge in [-0.05, 0) is 18.9 Å². The van der Waals surface area contributed by atoms with E-state index in [1.165, 1.54) is 31.3 Å². The van der Waals surface area contributed by atoms with Gasteiger partial charge < -0.3 is 0 Å². The van der Waals surface area contributed by atoms with Crippen molar-refractivity contribution in [2.45, 2.75) is 39.2 Å². The first-order valence-electron chi connectivity index (χ1n) is 5.87. The van der Waals surface area contributed by atoms with Crippen molar-refractivity contribution in [1.82, 2.24) is 4.40 Å². The first-order valence-corrected chi connectivity index (χ1v) is 5.87. The molecule has 0 N–H and O–H groups in total. The summed E-state index contributed by atoms with van der Waals surface area (Å²) in [5.74, 6) is 0. The van der Waals surface area contributed by atoms with Crippen LogP contribution in [0.5, 0.6) is 0 Å². The largest absolute Gasteiger partial charge is 0.286 e. The molecule has 0 radical (unpaired) electrons. The zero-order valence-corrected chi connectivity index (χ0v) is 9.39. The SMILES string of the molecule is CCCCCC[n+]1ccn2ccccc21. The third-order valence-electron chi connectivity index (χ3n) is 2.82. The predicted octanol–water partition coefficient (Wildman–Crippen LogP) is 2.81. The molecule has 0 bridgehead atoms. The van der Waals surface area contributed by atoms with E-state index < -0.39 is 0 Å². The van der Waals surface area contributed by atoms with Crippen LogP contribution in [0.25, 0.3) is 5.65 Å². The molecule has 0 amide bonds. The van der Waals surface area contributed by atoms with Gasteiger partial charge in [0.2, 0.25) is 0 Å². The summed E-state index contributed by atoms with van der Waals surface area (Å²) in [5.41, 5.74) is 1.29. The lowest BCUT2D eigenvalue weighted by Gasteiger charge is -1.97. The Morgan fingerprint density at radius 3 is 2.93 bits per heavy atom.